The first kappa shape index (κ1) is 23.5. The number of hydrogen-bond acceptors (Lipinski definition) is 9. The number of amides is 1. The predicted octanol–water partition coefficient (Wildman–Crippen LogP) is 2.00. The van der Waals surface area contributed by atoms with Crippen LogP contribution in [0.1, 0.15) is 27.6 Å². The Morgan fingerprint density at radius 3 is 2.09 bits per heavy atom. The summed E-state index contributed by atoms with van der Waals surface area (Å²) in [7, 11) is 1.25. The molecule has 0 spiro atoms. The van der Waals surface area contributed by atoms with Crippen molar-refractivity contribution in [3.63, 3.8) is 0 Å². The molecule has 0 atom stereocenters. The first-order chi connectivity index (χ1) is 15.0. The van der Waals surface area contributed by atoms with E-state index in [1.165, 1.54) is 13.2 Å². The summed E-state index contributed by atoms with van der Waals surface area (Å²) in [4.78, 5) is 57.0. The molecule has 166 valence electrons. The maximum absolute atomic E-state index is 12.5. The molecule has 2 aromatic rings. The summed E-state index contributed by atoms with van der Waals surface area (Å²) in [5.74, 6) is -4.65. The van der Waals surface area contributed by atoms with Crippen molar-refractivity contribution in [2.45, 2.75) is 6.92 Å². The topological polar surface area (TPSA) is 198 Å². The van der Waals surface area contributed by atoms with Gasteiger partial charge in [-0.25, -0.2) is 9.59 Å². The van der Waals surface area contributed by atoms with Gasteiger partial charge in [0.1, 0.15) is 0 Å². The summed E-state index contributed by atoms with van der Waals surface area (Å²) in [6.45, 7) is 1.05. The van der Waals surface area contributed by atoms with Crippen molar-refractivity contribution in [3.05, 3.63) is 57.6 Å². The number of Topliss-reactive ketones (excluding diaryl/α,β-unsaturated/α-hetero) is 1. The molecule has 0 aromatic heterocycles. The lowest BCUT2D eigenvalue weighted by atomic mass is 10.1. The van der Waals surface area contributed by atoms with Gasteiger partial charge in [0, 0.05) is 18.7 Å². The number of carboxylic acids is 2. The van der Waals surface area contributed by atoms with Crippen LogP contribution in [0.15, 0.2) is 41.5 Å². The lowest BCUT2D eigenvalue weighted by Crippen LogP contribution is -2.29. The van der Waals surface area contributed by atoms with Gasteiger partial charge in [-0.15, -0.1) is 0 Å². The quantitative estimate of drug-likeness (QED) is 0.192. The Labute approximate surface area is 179 Å². The van der Waals surface area contributed by atoms with E-state index in [4.69, 9.17) is 14.9 Å². The van der Waals surface area contributed by atoms with Crippen LogP contribution in [0.5, 0.6) is 5.75 Å². The summed E-state index contributed by atoms with van der Waals surface area (Å²) in [5.41, 5.74) is 0.660. The zero-order valence-corrected chi connectivity index (χ0v) is 16.6. The molecule has 0 aliphatic carbocycles. The molecule has 0 aliphatic heterocycles. The highest BCUT2D eigenvalue weighted by Gasteiger charge is 2.20. The fourth-order valence-corrected chi connectivity index (χ4v) is 2.43. The third kappa shape index (κ3) is 5.63. The number of nitro groups is 1. The second-order valence-corrected chi connectivity index (χ2v) is 6.13. The fourth-order valence-electron chi connectivity index (χ4n) is 2.43. The number of carboxylic acid groups (broad SMARTS) is 2. The van der Waals surface area contributed by atoms with E-state index < -0.39 is 45.4 Å². The van der Waals surface area contributed by atoms with Crippen LogP contribution < -0.4 is 15.5 Å². The first-order valence-electron chi connectivity index (χ1n) is 8.63. The number of benzene rings is 2. The zero-order chi connectivity index (χ0) is 24.0. The Balaban J connectivity index is 2.34. The number of carbonyl (C=O) groups is 4. The standard InChI is InChI=1S/C19H16N4O9/c1-9(24)16(22-21-14-4-3-13(23(30)31)8-15(14)32-2)17(25)20-12-6-10(18(26)27)5-11(7-12)19(28)29/h3-8,21H,1-2H3,(H,20,25)(H,26,27)(H,28,29)/b22-16-. The van der Waals surface area contributed by atoms with E-state index in [-0.39, 0.29) is 22.8 Å². The fraction of sp³-hybridized carbons (Fsp3) is 0.105. The molecule has 2 rings (SSSR count). The van der Waals surface area contributed by atoms with Gasteiger partial charge >= 0.3 is 11.9 Å². The van der Waals surface area contributed by atoms with Crippen molar-refractivity contribution in [2.75, 3.05) is 17.9 Å². The van der Waals surface area contributed by atoms with Gasteiger partial charge in [0.25, 0.3) is 11.6 Å². The molecule has 1 amide bonds. The van der Waals surface area contributed by atoms with Gasteiger partial charge in [-0.2, -0.15) is 5.10 Å². The number of ketones is 1. The number of hydrogen-bond donors (Lipinski definition) is 4. The minimum absolute atomic E-state index is 0.0199. The number of ether oxygens (including phenoxy) is 1. The zero-order valence-electron chi connectivity index (χ0n) is 16.6. The van der Waals surface area contributed by atoms with Crippen LogP contribution in [0, 0.1) is 10.1 Å². The SMILES string of the molecule is COc1cc([N+](=O)[O-])ccc1N/N=C(/C(C)=O)C(=O)Nc1cc(C(=O)O)cc(C(=O)O)c1. The molecule has 0 unspecified atom stereocenters. The average molecular weight is 444 g/mol. The van der Waals surface area contributed by atoms with Gasteiger partial charge in [-0.1, -0.05) is 0 Å². The second kappa shape index (κ2) is 9.80. The molecule has 0 radical (unpaired) electrons. The summed E-state index contributed by atoms with van der Waals surface area (Å²) in [5, 5.41) is 35.0. The summed E-state index contributed by atoms with van der Waals surface area (Å²) < 4.78 is 5.02. The molecular formula is C19H16N4O9. The molecule has 2 aromatic carbocycles. The molecule has 0 bridgehead atoms. The Bertz CT molecular complexity index is 1130. The van der Waals surface area contributed by atoms with Crippen LogP contribution in [0.3, 0.4) is 0 Å². The second-order valence-electron chi connectivity index (χ2n) is 6.13. The van der Waals surface area contributed by atoms with Crippen LogP contribution in [-0.4, -0.2) is 51.6 Å². The van der Waals surface area contributed by atoms with E-state index >= 15 is 0 Å². The van der Waals surface area contributed by atoms with E-state index in [1.807, 2.05) is 0 Å². The van der Waals surface area contributed by atoms with Crippen molar-refractivity contribution in [1.82, 2.24) is 0 Å². The van der Waals surface area contributed by atoms with Crippen LogP contribution in [0.2, 0.25) is 0 Å². The molecular weight excluding hydrogens is 428 g/mol. The van der Waals surface area contributed by atoms with Crippen molar-refractivity contribution >= 4 is 46.4 Å². The number of carbonyl (C=O) groups excluding carboxylic acids is 2. The van der Waals surface area contributed by atoms with Crippen molar-refractivity contribution < 1.29 is 39.1 Å². The van der Waals surface area contributed by atoms with Gasteiger partial charge in [0.05, 0.1) is 34.9 Å². The number of aromatic carboxylic acids is 2. The third-order valence-electron chi connectivity index (χ3n) is 3.92. The molecule has 13 heteroatoms. The molecule has 4 N–H and O–H groups in total. The molecule has 0 saturated heterocycles. The number of non-ortho nitro benzene ring substituents is 1. The number of hydrazone groups is 1. The summed E-state index contributed by atoms with van der Waals surface area (Å²) in [6.07, 6.45) is 0. The van der Waals surface area contributed by atoms with Gasteiger partial charge < -0.3 is 20.3 Å². The minimum atomic E-state index is -1.42. The molecule has 0 saturated carbocycles. The van der Waals surface area contributed by atoms with Gasteiger partial charge in [0.2, 0.25) is 0 Å². The highest BCUT2D eigenvalue weighted by Crippen LogP contribution is 2.29. The smallest absolute Gasteiger partial charge is 0.335 e. The number of rotatable bonds is 9. The van der Waals surface area contributed by atoms with Gasteiger partial charge in [-0.3, -0.25) is 25.1 Å². The van der Waals surface area contributed by atoms with Crippen LogP contribution in [-0.2, 0) is 9.59 Å². The lowest BCUT2D eigenvalue weighted by Gasteiger charge is -2.10. The van der Waals surface area contributed by atoms with Crippen LogP contribution >= 0.6 is 0 Å². The molecule has 0 fully saturated rings. The minimum Gasteiger partial charge on any atom is -0.494 e. The van der Waals surface area contributed by atoms with Crippen molar-refractivity contribution in [1.29, 1.82) is 0 Å². The van der Waals surface area contributed by atoms with Crippen LogP contribution in [0.25, 0.3) is 0 Å². The largest absolute Gasteiger partial charge is 0.494 e. The van der Waals surface area contributed by atoms with E-state index in [2.05, 4.69) is 15.8 Å². The van der Waals surface area contributed by atoms with Crippen LogP contribution in [0.4, 0.5) is 17.1 Å². The Kier molecular flexibility index (Phi) is 7.18. The lowest BCUT2D eigenvalue weighted by molar-refractivity contribution is -0.384. The Morgan fingerprint density at radius 2 is 1.62 bits per heavy atom. The Hall–Kier alpha value is -4.81. The number of nitro benzene ring substituents is 1. The van der Waals surface area contributed by atoms with Gasteiger partial charge in [0.15, 0.2) is 17.2 Å². The van der Waals surface area contributed by atoms with Crippen molar-refractivity contribution in [2.24, 2.45) is 5.10 Å². The summed E-state index contributed by atoms with van der Waals surface area (Å²) >= 11 is 0. The molecule has 0 aliphatic rings. The molecule has 0 heterocycles. The van der Waals surface area contributed by atoms with E-state index in [0.29, 0.717) is 0 Å². The number of anilines is 2. The number of methoxy groups -OCH3 is 1. The normalized spacial score (nSPS) is 10.8. The maximum atomic E-state index is 12.5. The Morgan fingerprint density at radius 1 is 1.03 bits per heavy atom. The monoisotopic (exact) mass is 444 g/mol. The highest BCUT2D eigenvalue weighted by molar-refractivity contribution is 6.67. The van der Waals surface area contributed by atoms with E-state index in [1.54, 1.807) is 0 Å². The third-order valence-corrected chi connectivity index (χ3v) is 3.92. The van der Waals surface area contributed by atoms with E-state index in [0.717, 1.165) is 37.3 Å². The van der Waals surface area contributed by atoms with Crippen molar-refractivity contribution in [3.8, 4) is 5.75 Å². The highest BCUT2D eigenvalue weighted by atomic mass is 16.6. The molecule has 13 nitrogen and oxygen atoms in total. The number of nitrogens with one attached hydrogen (secondary N) is 2. The van der Waals surface area contributed by atoms with Gasteiger partial charge in [-0.05, 0) is 24.3 Å². The summed E-state index contributed by atoms with van der Waals surface area (Å²) in [6, 6.07) is 6.44. The number of nitrogens with zero attached hydrogens (tertiary/aromatic N) is 2. The average Bonchev–Trinajstić information content (AvgIpc) is 2.73. The predicted molar refractivity (Wildman–Crippen MR) is 110 cm³/mol. The molecule has 32 heavy (non-hydrogen) atoms. The van der Waals surface area contributed by atoms with E-state index in [9.17, 15) is 29.3 Å². The maximum Gasteiger partial charge on any atom is 0.335 e. The first-order valence-corrected chi connectivity index (χ1v) is 8.63.